The van der Waals surface area contributed by atoms with E-state index in [2.05, 4.69) is 10.3 Å². The van der Waals surface area contributed by atoms with Crippen LogP contribution in [0.15, 0.2) is 30.6 Å². The van der Waals surface area contributed by atoms with E-state index in [1.807, 2.05) is 6.07 Å². The number of anilines is 1. The fourth-order valence-electron chi connectivity index (χ4n) is 4.56. The summed E-state index contributed by atoms with van der Waals surface area (Å²) in [5, 5.41) is 26.6. The monoisotopic (exact) mass is 448 g/mol. The van der Waals surface area contributed by atoms with Crippen molar-refractivity contribution in [2.45, 2.75) is 43.7 Å². The zero-order valence-corrected chi connectivity index (χ0v) is 17.6. The van der Waals surface area contributed by atoms with Gasteiger partial charge in [0.1, 0.15) is 29.7 Å². The molecule has 30 heavy (non-hydrogen) atoms. The molecule has 7 nitrogen and oxygen atoms in total. The molecule has 0 radical (unpaired) electrons. The highest BCUT2D eigenvalue weighted by Crippen LogP contribution is 2.40. The molecule has 2 aliphatic rings. The third-order valence-electron chi connectivity index (χ3n) is 6.07. The van der Waals surface area contributed by atoms with Crippen molar-refractivity contribution in [2.24, 2.45) is 0 Å². The molecular weight excluding hydrogens is 427 g/mol. The molecule has 2 aromatic heterocycles. The first-order valence-electron chi connectivity index (χ1n) is 9.89. The van der Waals surface area contributed by atoms with Crippen LogP contribution in [0.4, 0.5) is 5.69 Å². The van der Waals surface area contributed by atoms with Crippen LogP contribution in [0.3, 0.4) is 0 Å². The standard InChI is InChI=1S/C21H22Cl2N4O3/c22-11-5-10-1-3-25-8-12(10)16(6-11)30-17-7-15(19(28)20(17)29)27-9-13(23)18-14(24)2-4-26-21(18)27/h2,4-6,9,15,17,19-20,25,28-29H,1,3,7-8H2,(H2,24,26)/t15-,17+,19+,20-/m1/s1. The van der Waals surface area contributed by atoms with E-state index in [-0.39, 0.29) is 0 Å². The molecule has 5 N–H and O–H groups in total. The number of aromatic nitrogens is 2. The topological polar surface area (TPSA) is 106 Å². The number of fused-ring (bicyclic) bond motifs is 2. The molecule has 4 atom stereocenters. The minimum Gasteiger partial charge on any atom is -0.487 e. The van der Waals surface area contributed by atoms with Gasteiger partial charge in [-0.25, -0.2) is 4.98 Å². The normalized spacial score (nSPS) is 26.1. The first-order valence-corrected chi connectivity index (χ1v) is 10.6. The number of hydrogen-bond acceptors (Lipinski definition) is 6. The van der Waals surface area contributed by atoms with Crippen LogP contribution in [-0.2, 0) is 13.0 Å². The fraction of sp³-hybridized carbons (Fsp3) is 0.381. The number of nitrogens with zero attached hydrogens (tertiary/aromatic N) is 2. The number of benzene rings is 1. The Labute approximate surface area is 183 Å². The van der Waals surface area contributed by atoms with E-state index in [1.165, 1.54) is 0 Å². The van der Waals surface area contributed by atoms with Crippen molar-refractivity contribution < 1.29 is 14.9 Å². The van der Waals surface area contributed by atoms with Gasteiger partial charge >= 0.3 is 0 Å². The summed E-state index contributed by atoms with van der Waals surface area (Å²) in [6.45, 7) is 1.56. The summed E-state index contributed by atoms with van der Waals surface area (Å²) < 4.78 is 7.98. The Morgan fingerprint density at radius 3 is 2.90 bits per heavy atom. The molecule has 1 aliphatic heterocycles. The molecule has 3 aromatic rings. The van der Waals surface area contributed by atoms with Crippen LogP contribution in [0, 0.1) is 0 Å². The highest BCUT2D eigenvalue weighted by molar-refractivity contribution is 6.36. The Morgan fingerprint density at radius 2 is 2.07 bits per heavy atom. The molecule has 5 rings (SSSR count). The lowest BCUT2D eigenvalue weighted by atomic mass is 10.00. The molecule has 0 amide bonds. The van der Waals surface area contributed by atoms with E-state index in [4.69, 9.17) is 33.7 Å². The number of nitrogens with two attached hydrogens (primary N) is 1. The van der Waals surface area contributed by atoms with Crippen LogP contribution in [0.25, 0.3) is 11.0 Å². The molecule has 0 unspecified atom stereocenters. The van der Waals surface area contributed by atoms with E-state index >= 15 is 0 Å². The zero-order chi connectivity index (χ0) is 21.0. The van der Waals surface area contributed by atoms with Gasteiger partial charge in [-0.2, -0.15) is 0 Å². The molecule has 0 spiro atoms. The van der Waals surface area contributed by atoms with Gasteiger partial charge in [-0.3, -0.25) is 0 Å². The second kappa shape index (κ2) is 7.59. The second-order valence-electron chi connectivity index (χ2n) is 7.89. The largest absolute Gasteiger partial charge is 0.487 e. The average Bonchev–Trinajstić information content (AvgIpc) is 3.20. The van der Waals surface area contributed by atoms with Gasteiger partial charge in [0.15, 0.2) is 0 Å². The van der Waals surface area contributed by atoms with Crippen LogP contribution in [0.2, 0.25) is 10.0 Å². The van der Waals surface area contributed by atoms with Gasteiger partial charge < -0.3 is 30.6 Å². The molecule has 1 aromatic carbocycles. The lowest BCUT2D eigenvalue weighted by Crippen LogP contribution is -2.34. The summed E-state index contributed by atoms with van der Waals surface area (Å²) in [6.07, 6.45) is 1.83. The first-order chi connectivity index (χ1) is 14.4. The molecule has 0 saturated heterocycles. The molecule has 1 saturated carbocycles. The number of aliphatic hydroxyl groups excluding tert-OH is 2. The summed E-state index contributed by atoms with van der Waals surface area (Å²) in [5.74, 6) is 0.638. The Bertz CT molecular complexity index is 1120. The highest BCUT2D eigenvalue weighted by atomic mass is 35.5. The molecule has 3 heterocycles. The molecule has 158 valence electrons. The minimum absolute atomic E-state index is 0.383. The predicted octanol–water partition coefficient (Wildman–Crippen LogP) is 2.69. The van der Waals surface area contributed by atoms with Crippen LogP contribution in [-0.4, -0.2) is 44.6 Å². The Kier molecular flexibility index (Phi) is 5.03. The number of hydrogen-bond donors (Lipinski definition) is 4. The quantitative estimate of drug-likeness (QED) is 0.490. The van der Waals surface area contributed by atoms with Crippen molar-refractivity contribution in [1.29, 1.82) is 0 Å². The van der Waals surface area contributed by atoms with Crippen LogP contribution in [0.1, 0.15) is 23.6 Å². The number of aliphatic hydroxyl groups is 2. The van der Waals surface area contributed by atoms with Crippen molar-refractivity contribution in [3.05, 3.63) is 51.8 Å². The van der Waals surface area contributed by atoms with Gasteiger partial charge in [0, 0.05) is 41.6 Å². The van der Waals surface area contributed by atoms with Gasteiger partial charge in [-0.1, -0.05) is 23.2 Å². The van der Waals surface area contributed by atoms with Crippen molar-refractivity contribution in [1.82, 2.24) is 14.9 Å². The minimum atomic E-state index is -1.07. The molecule has 9 heteroatoms. The predicted molar refractivity (Wildman–Crippen MR) is 116 cm³/mol. The molecular formula is C21H22Cl2N4O3. The highest BCUT2D eigenvalue weighted by Gasteiger charge is 2.45. The van der Waals surface area contributed by atoms with Crippen molar-refractivity contribution in [3.63, 3.8) is 0 Å². The maximum Gasteiger partial charge on any atom is 0.143 e. The Hall–Kier alpha value is -2.03. The number of nitrogens with one attached hydrogen (secondary N) is 1. The fourth-order valence-corrected chi connectivity index (χ4v) is 5.09. The SMILES string of the molecule is Nc1ccnc2c1c(Cl)cn2[C@@H]1C[C@H](Oc2cc(Cl)cc3c2CNCC3)[C@@H](O)[C@H]1O. The van der Waals surface area contributed by atoms with Crippen LogP contribution >= 0.6 is 23.2 Å². The van der Waals surface area contributed by atoms with E-state index in [0.717, 1.165) is 24.1 Å². The van der Waals surface area contributed by atoms with E-state index < -0.39 is 24.4 Å². The molecule has 1 aliphatic carbocycles. The molecule has 1 fully saturated rings. The second-order valence-corrected chi connectivity index (χ2v) is 8.74. The van der Waals surface area contributed by atoms with Gasteiger partial charge in [0.25, 0.3) is 0 Å². The average molecular weight is 449 g/mol. The maximum absolute atomic E-state index is 10.8. The molecule has 0 bridgehead atoms. The number of nitrogen functional groups attached to an aromatic ring is 1. The summed E-state index contributed by atoms with van der Waals surface area (Å²) in [7, 11) is 0. The van der Waals surface area contributed by atoms with E-state index in [9.17, 15) is 10.2 Å². The third kappa shape index (κ3) is 3.21. The van der Waals surface area contributed by atoms with Crippen LogP contribution < -0.4 is 15.8 Å². The summed E-state index contributed by atoms with van der Waals surface area (Å²) in [5.41, 5.74) is 9.32. The number of ether oxygens (including phenoxy) is 1. The van der Waals surface area contributed by atoms with Crippen LogP contribution in [0.5, 0.6) is 5.75 Å². The van der Waals surface area contributed by atoms with Crippen molar-refractivity contribution >= 4 is 39.9 Å². The summed E-state index contributed by atoms with van der Waals surface area (Å²) in [4.78, 5) is 4.38. The van der Waals surface area contributed by atoms with Gasteiger partial charge in [0.2, 0.25) is 0 Å². The van der Waals surface area contributed by atoms with E-state index in [0.29, 0.717) is 45.5 Å². The maximum atomic E-state index is 10.8. The number of pyridine rings is 1. The zero-order valence-electron chi connectivity index (χ0n) is 16.1. The van der Waals surface area contributed by atoms with Crippen molar-refractivity contribution in [2.75, 3.05) is 12.3 Å². The third-order valence-corrected chi connectivity index (χ3v) is 6.58. The Morgan fingerprint density at radius 1 is 1.23 bits per heavy atom. The number of halogens is 2. The Balaban J connectivity index is 1.47. The van der Waals surface area contributed by atoms with Gasteiger partial charge in [-0.15, -0.1) is 0 Å². The van der Waals surface area contributed by atoms with Gasteiger partial charge in [0.05, 0.1) is 16.5 Å². The first kappa shape index (κ1) is 19.9. The number of rotatable bonds is 3. The van der Waals surface area contributed by atoms with E-state index in [1.54, 1.807) is 29.1 Å². The summed E-state index contributed by atoms with van der Waals surface area (Å²) in [6, 6.07) is 4.95. The van der Waals surface area contributed by atoms with Crippen molar-refractivity contribution in [3.8, 4) is 5.75 Å². The van der Waals surface area contributed by atoms with Gasteiger partial charge in [-0.05, 0) is 36.7 Å². The summed E-state index contributed by atoms with van der Waals surface area (Å²) >= 11 is 12.7. The smallest absolute Gasteiger partial charge is 0.143 e. The lowest BCUT2D eigenvalue weighted by molar-refractivity contribution is -0.0166. The lowest BCUT2D eigenvalue weighted by Gasteiger charge is -2.24.